The van der Waals surface area contributed by atoms with E-state index in [4.69, 9.17) is 19.9 Å². The molecule has 0 unspecified atom stereocenters. The molecule has 0 spiro atoms. The third-order valence-electron chi connectivity index (χ3n) is 32.6. The SMILES string of the molecule is CCCCCCC1=C(C)c2nc1cc1[nH]c(c(C)c1CCCCCC)c1c3nc(cc4[nH]c(c(C)c4CCCCCC)c2-c2cccc(c2)CCCCCCc2cccc(c2)-c2c4nc(cc5[nH]c(c(C)c5CCCCCC)c(c5nc(cc6[nH]c2c(C)c6CCCCCC)C(CCCCCC)=C5C)-c2cccc(c2)CCCCCCc2cccc-1c2)C(CCCCCC)=C4C)C(CCCCCC)=C3C. The molecule has 4 N–H and O–H groups in total. The van der Waals surface area contributed by atoms with Gasteiger partial charge in [-0.05, 0) is 367 Å². The van der Waals surface area contributed by atoms with Gasteiger partial charge in [0.1, 0.15) is 0 Å². The van der Waals surface area contributed by atoms with Crippen LogP contribution in [0.5, 0.6) is 0 Å². The topological polar surface area (TPSA) is 115 Å². The van der Waals surface area contributed by atoms with E-state index in [1.807, 2.05) is 0 Å². The molecule has 8 heteroatoms. The van der Waals surface area contributed by atoms with Gasteiger partial charge in [-0.1, -0.05) is 332 Å². The highest BCUT2D eigenvalue weighted by Gasteiger charge is 2.32. The van der Waals surface area contributed by atoms with Gasteiger partial charge < -0.3 is 19.9 Å². The normalized spacial score (nSPS) is 14.1. The molecular formula is C132H176N8. The zero-order chi connectivity index (χ0) is 98.0. The van der Waals surface area contributed by atoms with Crippen molar-refractivity contribution in [2.45, 2.75) is 445 Å². The van der Waals surface area contributed by atoms with Crippen LogP contribution in [0.15, 0.2) is 121 Å². The quantitative estimate of drug-likeness (QED) is 0.0286. The molecule has 0 atom stereocenters. The van der Waals surface area contributed by atoms with E-state index in [9.17, 15) is 0 Å². The van der Waals surface area contributed by atoms with Crippen molar-refractivity contribution < 1.29 is 0 Å². The van der Waals surface area contributed by atoms with Crippen molar-refractivity contribution in [3.63, 3.8) is 0 Å². The van der Waals surface area contributed by atoms with Crippen LogP contribution in [0.4, 0.5) is 0 Å². The molecule has 0 saturated carbocycles. The molecule has 4 aromatic carbocycles. The molecule has 8 aliphatic heterocycles. The van der Waals surface area contributed by atoms with E-state index < -0.39 is 0 Å². The number of aryl methyl sites for hydroxylation is 12. The van der Waals surface area contributed by atoms with Gasteiger partial charge in [-0.15, -0.1) is 0 Å². The summed E-state index contributed by atoms with van der Waals surface area (Å²) < 4.78 is 0. The Morgan fingerprint density at radius 3 is 0.600 bits per heavy atom. The number of unbranched alkanes of at least 4 members (excludes halogenated alkanes) is 24. The van der Waals surface area contributed by atoms with Crippen molar-refractivity contribution in [1.82, 2.24) is 39.9 Å². The Labute approximate surface area is 845 Å². The summed E-state index contributed by atoms with van der Waals surface area (Å²) in [5.41, 5.74) is 56.1. The molecule has 744 valence electrons. The molecule has 28 bridgehead atoms. The lowest BCUT2D eigenvalue weighted by Crippen LogP contribution is -1.93. The maximum absolute atomic E-state index is 6.17. The third-order valence-corrected chi connectivity index (χ3v) is 32.6. The second kappa shape index (κ2) is 51.9. The van der Waals surface area contributed by atoms with Crippen LogP contribution >= 0.6 is 0 Å². The summed E-state index contributed by atoms with van der Waals surface area (Å²) in [6, 6.07) is 49.2. The number of hydrogen-bond acceptors (Lipinski definition) is 4. The number of nitrogens with zero attached hydrogens (tertiary/aromatic N) is 4. The first-order valence-electron chi connectivity index (χ1n) is 57.3. The molecule has 6 aromatic heterocycles. The van der Waals surface area contributed by atoms with Crippen molar-refractivity contribution >= 4 is 88.7 Å². The zero-order valence-electron chi connectivity index (χ0n) is 90.1. The Bertz CT molecular complexity index is 5640. The fourth-order valence-electron chi connectivity index (χ4n) is 24.1. The van der Waals surface area contributed by atoms with Crippen molar-refractivity contribution in [1.29, 1.82) is 0 Å². The number of aromatic amines is 4. The van der Waals surface area contributed by atoms with Gasteiger partial charge in [0.2, 0.25) is 0 Å². The van der Waals surface area contributed by atoms with Gasteiger partial charge in [0.15, 0.2) is 0 Å². The Morgan fingerprint density at radius 1 is 0.214 bits per heavy atom. The molecule has 18 rings (SSSR count). The molecule has 8 nitrogen and oxygen atoms in total. The second-order valence-electron chi connectivity index (χ2n) is 43.1. The number of aromatic nitrogens is 8. The summed E-state index contributed by atoms with van der Waals surface area (Å²) in [5.74, 6) is 0. The standard InChI is InChI=1S/C132H176N8/c1-17-25-33-49-73-105-89(9)125-121-101-69-57-65-97(81-101)61-45-41-42-46-63-99-67-59-71-103(83-99)123-129-93(13)109(77-53-37-29-21-5)117(137-129)87-119-111(79-55-39-31-23-7)95(15)131(139-119)124(132-96(16)112(80-56-40-32-24-8)120(140-132)88-118-110(78-54-38-30-22-6)94(14)130(123)138-118)104-72-60-68-100(84-104)64-48-44-43-47-62-98-66-58-70-102(82-98)122(127-90(10)106(74-50-34-26-18-2)114(134-127)85-113(105)133-125)128-92(12)108(76-52-36-28-20-4)116(136-128)86-115-107(75-51-35-27-19-3)91(11)126(121)135-115/h57-60,65-72,81-88,133,136-137,140H,17-56,61-64,73-80H2,1-16H3. The average Bonchev–Trinajstić information content (AvgIpc) is 1.61. The molecular weight excluding hydrogens is 1700 g/mol. The lowest BCUT2D eigenvalue weighted by Gasteiger charge is -2.11. The first-order valence-corrected chi connectivity index (χ1v) is 57.3. The van der Waals surface area contributed by atoms with E-state index in [1.54, 1.807) is 0 Å². The molecule has 140 heavy (non-hydrogen) atoms. The molecule has 10 aromatic rings. The van der Waals surface area contributed by atoms with Gasteiger partial charge in [-0.25, -0.2) is 19.9 Å². The molecule has 0 saturated heterocycles. The first-order chi connectivity index (χ1) is 68.5. The van der Waals surface area contributed by atoms with E-state index in [0.29, 0.717) is 0 Å². The largest absolute Gasteiger partial charge is 0.354 e. The number of H-pyrrole nitrogens is 4. The summed E-state index contributed by atoms with van der Waals surface area (Å²) in [4.78, 5) is 42.2. The number of nitrogens with one attached hydrogen (secondary N) is 4. The van der Waals surface area contributed by atoms with Crippen LogP contribution in [0, 0.1) is 27.7 Å². The Balaban J connectivity index is 0.939. The number of hydrogen-bond donors (Lipinski definition) is 4. The highest BCUT2D eigenvalue weighted by molar-refractivity contribution is 6.06. The predicted molar refractivity (Wildman–Crippen MR) is 611 cm³/mol. The summed E-state index contributed by atoms with van der Waals surface area (Å²) in [6.45, 7) is 38.3. The lowest BCUT2D eigenvalue weighted by molar-refractivity contribution is 0.640. The average molecular weight is 1870 g/mol. The lowest BCUT2D eigenvalue weighted by atomic mass is 9.92. The zero-order valence-corrected chi connectivity index (χ0v) is 90.1. The Hall–Kier alpha value is -9.92. The fourth-order valence-corrected chi connectivity index (χ4v) is 24.1. The van der Waals surface area contributed by atoms with Gasteiger partial charge in [0, 0.05) is 44.3 Å². The maximum Gasteiger partial charge on any atom is 0.0769 e. The molecule has 0 radical (unpaired) electrons. The van der Waals surface area contributed by atoms with Crippen LogP contribution < -0.4 is 0 Å². The van der Waals surface area contributed by atoms with Crippen molar-refractivity contribution in [2.75, 3.05) is 0 Å². The van der Waals surface area contributed by atoms with Crippen molar-refractivity contribution in [3.05, 3.63) is 234 Å². The van der Waals surface area contributed by atoms with Gasteiger partial charge >= 0.3 is 0 Å². The molecule has 0 amide bonds. The highest BCUT2D eigenvalue weighted by Crippen LogP contribution is 2.50. The number of benzene rings is 4. The van der Waals surface area contributed by atoms with Gasteiger partial charge in [-0.3, -0.25) is 0 Å². The summed E-state index contributed by atoms with van der Waals surface area (Å²) in [5, 5.41) is 0. The minimum absolute atomic E-state index is 0.993. The summed E-state index contributed by atoms with van der Waals surface area (Å²) in [6.07, 6.45) is 59.5. The predicted octanol–water partition coefficient (Wildman–Crippen LogP) is 39.9. The van der Waals surface area contributed by atoms with Crippen LogP contribution in [0.1, 0.15) is 478 Å². The number of rotatable bonds is 40. The van der Waals surface area contributed by atoms with Crippen LogP contribution in [0.2, 0.25) is 0 Å². The smallest absolute Gasteiger partial charge is 0.0769 e. The van der Waals surface area contributed by atoms with Gasteiger partial charge in [-0.2, -0.15) is 0 Å². The van der Waals surface area contributed by atoms with E-state index in [0.717, 1.165) is 225 Å². The fraction of sp³-hybridized carbons (Fsp3) is 0.515. The van der Waals surface area contributed by atoms with Crippen LogP contribution in [0.25, 0.3) is 133 Å². The van der Waals surface area contributed by atoms with E-state index >= 15 is 0 Å². The van der Waals surface area contributed by atoms with Gasteiger partial charge in [0.25, 0.3) is 0 Å². The van der Waals surface area contributed by atoms with Gasteiger partial charge in [0.05, 0.1) is 67.6 Å². The maximum atomic E-state index is 6.17. The van der Waals surface area contributed by atoms with E-state index in [1.165, 1.54) is 354 Å². The minimum atomic E-state index is 0.993. The summed E-state index contributed by atoms with van der Waals surface area (Å²) in [7, 11) is 0. The van der Waals surface area contributed by atoms with Crippen LogP contribution in [-0.2, 0) is 51.4 Å². The summed E-state index contributed by atoms with van der Waals surface area (Å²) >= 11 is 0. The molecule has 0 aliphatic carbocycles. The molecule has 0 fully saturated rings. The first kappa shape index (κ1) is 104. The molecule has 8 aliphatic rings. The Kier molecular flexibility index (Phi) is 38.7. The van der Waals surface area contributed by atoms with Crippen LogP contribution in [0.3, 0.4) is 0 Å². The van der Waals surface area contributed by atoms with E-state index in [2.05, 4.69) is 252 Å². The second-order valence-corrected chi connectivity index (χ2v) is 43.1. The van der Waals surface area contributed by atoms with E-state index in [-0.39, 0.29) is 0 Å². The Morgan fingerprint density at radius 2 is 0.407 bits per heavy atom. The molecule has 14 heterocycles. The minimum Gasteiger partial charge on any atom is -0.354 e. The van der Waals surface area contributed by atoms with Crippen molar-refractivity contribution in [3.8, 4) is 44.5 Å². The van der Waals surface area contributed by atoms with Crippen LogP contribution in [-0.4, -0.2) is 39.9 Å². The number of allylic oxidation sites excluding steroid dienone is 8. The van der Waals surface area contributed by atoms with Crippen molar-refractivity contribution in [2.24, 2.45) is 0 Å². The highest BCUT2D eigenvalue weighted by atomic mass is 14.8. The third kappa shape index (κ3) is 24.9. The monoisotopic (exact) mass is 1870 g/mol.